The van der Waals surface area contributed by atoms with Gasteiger partial charge < -0.3 is 18.9 Å². The van der Waals surface area contributed by atoms with E-state index in [9.17, 15) is 14.4 Å². The molecule has 0 aliphatic carbocycles. The van der Waals surface area contributed by atoms with Crippen molar-refractivity contribution in [1.29, 1.82) is 0 Å². The first-order valence-electron chi connectivity index (χ1n) is 12.1. The van der Waals surface area contributed by atoms with Crippen molar-refractivity contribution in [2.45, 2.75) is 33.7 Å². The number of esters is 2. The van der Waals surface area contributed by atoms with Gasteiger partial charge in [0.15, 0.2) is 16.3 Å². The first kappa shape index (κ1) is 26.9. The molecule has 198 valence electrons. The maximum absolute atomic E-state index is 13.8. The van der Waals surface area contributed by atoms with Gasteiger partial charge in [0.2, 0.25) is 0 Å². The normalized spacial score (nSPS) is 15.0. The summed E-state index contributed by atoms with van der Waals surface area (Å²) in [6.07, 6.45) is 1.78. The van der Waals surface area contributed by atoms with Gasteiger partial charge in [-0.1, -0.05) is 29.5 Å². The molecule has 0 radical (unpaired) electrons. The van der Waals surface area contributed by atoms with Crippen LogP contribution in [0.15, 0.2) is 63.5 Å². The topological polar surface area (TPSA) is 105 Å². The average Bonchev–Trinajstić information content (AvgIpc) is 3.18. The van der Waals surface area contributed by atoms with E-state index in [4.69, 9.17) is 18.9 Å². The highest BCUT2D eigenvalue weighted by Crippen LogP contribution is 2.36. The van der Waals surface area contributed by atoms with Gasteiger partial charge in [0.25, 0.3) is 5.56 Å². The Morgan fingerprint density at radius 3 is 2.45 bits per heavy atom. The lowest BCUT2D eigenvalue weighted by Crippen LogP contribution is -2.40. The van der Waals surface area contributed by atoms with Crippen LogP contribution in [0.1, 0.15) is 44.9 Å². The van der Waals surface area contributed by atoms with Gasteiger partial charge in [-0.05, 0) is 62.2 Å². The van der Waals surface area contributed by atoms with Gasteiger partial charge in [-0.15, -0.1) is 0 Å². The van der Waals surface area contributed by atoms with E-state index in [-0.39, 0.29) is 23.5 Å². The number of aromatic nitrogens is 1. The smallest absolute Gasteiger partial charge is 0.338 e. The molecule has 1 unspecified atom stereocenters. The number of hydrogen-bond acceptors (Lipinski definition) is 9. The Labute approximate surface area is 223 Å². The maximum atomic E-state index is 13.8. The number of carbonyl (C=O) groups is 2. The third-order valence-electron chi connectivity index (χ3n) is 5.77. The van der Waals surface area contributed by atoms with E-state index in [0.29, 0.717) is 38.7 Å². The third-order valence-corrected chi connectivity index (χ3v) is 6.75. The standard InChI is InChI=1S/C28H28N2O7S/c1-6-35-22-15-19(10-13-21(22)37-17(4)31)25-24(27(33)36-7-2)16(3)29-28-30(25)26(32)23(38-28)14-18-8-11-20(34-5)12-9-18/h8-15,25H,6-7H2,1-5H3. The highest BCUT2D eigenvalue weighted by Gasteiger charge is 2.34. The first-order chi connectivity index (χ1) is 18.3. The summed E-state index contributed by atoms with van der Waals surface area (Å²) in [5, 5.41) is 0. The molecule has 0 bridgehead atoms. The Kier molecular flexibility index (Phi) is 8.11. The Balaban J connectivity index is 1.93. The van der Waals surface area contributed by atoms with Crippen LogP contribution in [0.2, 0.25) is 0 Å². The third kappa shape index (κ3) is 5.40. The number of benzene rings is 2. The molecule has 0 saturated heterocycles. The molecule has 9 nitrogen and oxygen atoms in total. The number of fused-ring (bicyclic) bond motifs is 1. The Morgan fingerprint density at radius 2 is 1.82 bits per heavy atom. The number of allylic oxidation sites excluding steroid dienone is 1. The van der Waals surface area contributed by atoms with Crippen molar-refractivity contribution >= 4 is 29.4 Å². The molecule has 1 aliphatic heterocycles. The molecule has 0 spiro atoms. The predicted octanol–water partition coefficient (Wildman–Crippen LogP) is 3.13. The lowest BCUT2D eigenvalue weighted by Gasteiger charge is -2.25. The van der Waals surface area contributed by atoms with E-state index in [0.717, 1.165) is 5.56 Å². The minimum Gasteiger partial charge on any atom is -0.497 e. The molecule has 38 heavy (non-hydrogen) atoms. The van der Waals surface area contributed by atoms with Crippen LogP contribution in [0.25, 0.3) is 6.08 Å². The van der Waals surface area contributed by atoms with E-state index >= 15 is 0 Å². The zero-order chi connectivity index (χ0) is 27.4. The van der Waals surface area contributed by atoms with E-state index < -0.39 is 18.0 Å². The van der Waals surface area contributed by atoms with Crippen molar-refractivity contribution < 1.29 is 28.5 Å². The predicted molar refractivity (Wildman–Crippen MR) is 142 cm³/mol. The van der Waals surface area contributed by atoms with Crippen LogP contribution in [0.5, 0.6) is 17.2 Å². The summed E-state index contributed by atoms with van der Waals surface area (Å²) in [7, 11) is 1.59. The van der Waals surface area contributed by atoms with Crippen LogP contribution in [-0.2, 0) is 14.3 Å². The molecular formula is C28H28N2O7S. The monoisotopic (exact) mass is 536 g/mol. The van der Waals surface area contributed by atoms with Gasteiger partial charge in [0, 0.05) is 6.92 Å². The molecule has 0 amide bonds. The van der Waals surface area contributed by atoms with E-state index in [1.165, 1.54) is 22.8 Å². The van der Waals surface area contributed by atoms with E-state index in [1.54, 1.807) is 52.2 Å². The lowest BCUT2D eigenvalue weighted by atomic mass is 9.95. The summed E-state index contributed by atoms with van der Waals surface area (Å²) >= 11 is 1.23. The average molecular weight is 537 g/mol. The minimum absolute atomic E-state index is 0.166. The van der Waals surface area contributed by atoms with Crippen LogP contribution in [-0.4, -0.2) is 36.8 Å². The highest BCUT2D eigenvalue weighted by molar-refractivity contribution is 7.07. The molecule has 10 heteroatoms. The summed E-state index contributed by atoms with van der Waals surface area (Å²) < 4.78 is 23.5. The fraction of sp³-hybridized carbons (Fsp3) is 0.286. The van der Waals surface area contributed by atoms with Crippen LogP contribution < -0.4 is 29.1 Å². The molecular weight excluding hydrogens is 508 g/mol. The number of thiazole rings is 1. The minimum atomic E-state index is -0.825. The van der Waals surface area contributed by atoms with Crippen molar-refractivity contribution in [2.24, 2.45) is 4.99 Å². The van der Waals surface area contributed by atoms with Gasteiger partial charge >= 0.3 is 11.9 Å². The fourth-order valence-corrected chi connectivity index (χ4v) is 5.21. The van der Waals surface area contributed by atoms with Gasteiger partial charge in [-0.2, -0.15) is 0 Å². The molecule has 4 rings (SSSR count). The first-order valence-corrected chi connectivity index (χ1v) is 12.9. The number of ether oxygens (including phenoxy) is 4. The van der Waals surface area contributed by atoms with E-state index in [2.05, 4.69) is 4.99 Å². The number of rotatable bonds is 8. The van der Waals surface area contributed by atoms with Crippen LogP contribution in [0.3, 0.4) is 0 Å². The Morgan fingerprint density at radius 1 is 1.08 bits per heavy atom. The molecule has 0 N–H and O–H groups in total. The molecule has 0 saturated carbocycles. The summed E-state index contributed by atoms with van der Waals surface area (Å²) in [6.45, 7) is 7.03. The lowest BCUT2D eigenvalue weighted by molar-refractivity contribution is -0.139. The number of methoxy groups -OCH3 is 1. The van der Waals surface area contributed by atoms with Crippen LogP contribution >= 0.6 is 11.3 Å². The van der Waals surface area contributed by atoms with Crippen molar-refractivity contribution in [3.8, 4) is 17.2 Å². The second-order valence-corrected chi connectivity index (χ2v) is 9.32. The zero-order valence-electron chi connectivity index (χ0n) is 21.8. The van der Waals surface area contributed by atoms with Crippen LogP contribution in [0.4, 0.5) is 0 Å². The van der Waals surface area contributed by atoms with Crippen molar-refractivity contribution in [1.82, 2.24) is 4.57 Å². The SMILES string of the molecule is CCOC(=O)C1=C(C)N=c2sc(=Cc3ccc(OC)cc3)c(=O)n2C1c1ccc(OC(C)=O)c(OCC)c1. The van der Waals surface area contributed by atoms with Gasteiger partial charge in [-0.25, -0.2) is 9.79 Å². The van der Waals surface area contributed by atoms with Crippen molar-refractivity contribution in [2.75, 3.05) is 20.3 Å². The molecule has 1 aromatic heterocycles. The van der Waals surface area contributed by atoms with E-state index in [1.807, 2.05) is 24.3 Å². The van der Waals surface area contributed by atoms with Crippen molar-refractivity contribution in [3.05, 3.63) is 84.5 Å². The number of nitrogens with zero attached hydrogens (tertiary/aromatic N) is 2. The Hall–Kier alpha value is -4.18. The fourth-order valence-electron chi connectivity index (χ4n) is 4.16. The highest BCUT2D eigenvalue weighted by atomic mass is 32.1. The molecule has 1 atom stereocenters. The maximum Gasteiger partial charge on any atom is 0.338 e. The number of carbonyl (C=O) groups excluding carboxylic acids is 2. The summed E-state index contributed by atoms with van der Waals surface area (Å²) in [5.74, 6) is 0.214. The van der Waals surface area contributed by atoms with Crippen LogP contribution in [0, 0.1) is 0 Å². The second-order valence-electron chi connectivity index (χ2n) is 8.31. The van der Waals surface area contributed by atoms with Gasteiger partial charge in [0.05, 0.1) is 42.2 Å². The van der Waals surface area contributed by atoms with Gasteiger partial charge in [-0.3, -0.25) is 14.2 Å². The number of hydrogen-bond donors (Lipinski definition) is 0. The quantitative estimate of drug-likeness (QED) is 0.322. The molecule has 2 heterocycles. The van der Waals surface area contributed by atoms with Crippen molar-refractivity contribution in [3.63, 3.8) is 0 Å². The largest absolute Gasteiger partial charge is 0.497 e. The molecule has 3 aromatic rings. The summed E-state index contributed by atoms with van der Waals surface area (Å²) in [6, 6.07) is 11.5. The summed E-state index contributed by atoms with van der Waals surface area (Å²) in [4.78, 5) is 43.5. The zero-order valence-corrected chi connectivity index (χ0v) is 22.6. The molecule has 1 aliphatic rings. The van der Waals surface area contributed by atoms with Gasteiger partial charge in [0.1, 0.15) is 5.75 Å². The summed E-state index contributed by atoms with van der Waals surface area (Å²) in [5.41, 5.74) is 1.80. The second kappa shape index (κ2) is 11.5. The Bertz CT molecular complexity index is 1580. The molecule has 0 fully saturated rings. The molecule has 2 aromatic carbocycles.